The van der Waals surface area contributed by atoms with Crippen LogP contribution in [0.25, 0.3) is 23.1 Å². The largest absolute Gasteiger partial charge is 0.478 e. The van der Waals surface area contributed by atoms with Gasteiger partial charge in [0.1, 0.15) is 5.15 Å². The Bertz CT molecular complexity index is 1260. The highest BCUT2D eigenvalue weighted by Gasteiger charge is 2.31. The summed E-state index contributed by atoms with van der Waals surface area (Å²) in [5.41, 5.74) is 2.55. The first-order valence-electron chi connectivity index (χ1n) is 9.01. The van der Waals surface area contributed by atoms with Crippen LogP contribution in [-0.2, 0) is 9.84 Å². The maximum absolute atomic E-state index is 11.8. The number of halogens is 1. The molecule has 1 aromatic carbocycles. The molecule has 29 heavy (non-hydrogen) atoms. The summed E-state index contributed by atoms with van der Waals surface area (Å²) in [7, 11) is -3.06. The number of aromatic carboxylic acids is 1. The number of benzene rings is 1. The summed E-state index contributed by atoms with van der Waals surface area (Å²) < 4.78 is 25.1. The predicted molar refractivity (Wildman–Crippen MR) is 112 cm³/mol. The lowest BCUT2D eigenvalue weighted by Gasteiger charge is -2.09. The average molecular weight is 432 g/mol. The number of nitrogens with zero attached hydrogens (tertiary/aromatic N) is 3. The highest BCUT2D eigenvalue weighted by molar-refractivity contribution is 7.91. The lowest BCUT2D eigenvalue weighted by molar-refractivity contribution is 0.0699. The van der Waals surface area contributed by atoms with Gasteiger partial charge in [0.25, 0.3) is 0 Å². The number of rotatable bonds is 4. The fourth-order valence-corrected chi connectivity index (χ4v) is 5.63. The third-order valence-electron chi connectivity index (χ3n) is 5.01. The van der Waals surface area contributed by atoms with Crippen LogP contribution >= 0.6 is 11.6 Å². The molecule has 9 heteroatoms. The van der Waals surface area contributed by atoms with Crippen LogP contribution in [0.15, 0.2) is 30.3 Å². The van der Waals surface area contributed by atoms with Gasteiger partial charge in [0, 0.05) is 10.9 Å². The van der Waals surface area contributed by atoms with Gasteiger partial charge in [-0.3, -0.25) is 0 Å². The Morgan fingerprint density at radius 1 is 1.31 bits per heavy atom. The lowest BCUT2D eigenvalue weighted by atomic mass is 10.1. The van der Waals surface area contributed by atoms with Crippen LogP contribution in [0.4, 0.5) is 0 Å². The molecule has 7 nitrogen and oxygen atoms in total. The van der Waals surface area contributed by atoms with Gasteiger partial charge in [0.2, 0.25) is 0 Å². The van der Waals surface area contributed by atoms with Crippen LogP contribution < -0.4 is 0 Å². The van der Waals surface area contributed by atoms with Crippen LogP contribution in [0.3, 0.4) is 0 Å². The smallest absolute Gasteiger partial charge is 0.336 e. The third kappa shape index (κ3) is 3.77. The van der Waals surface area contributed by atoms with E-state index in [0.717, 1.165) is 0 Å². The Morgan fingerprint density at radius 2 is 2.07 bits per heavy atom. The minimum Gasteiger partial charge on any atom is -0.478 e. The highest BCUT2D eigenvalue weighted by atomic mass is 35.5. The van der Waals surface area contributed by atoms with Crippen molar-refractivity contribution in [3.8, 4) is 0 Å². The van der Waals surface area contributed by atoms with Gasteiger partial charge in [-0.1, -0.05) is 29.8 Å². The second-order valence-corrected chi connectivity index (χ2v) is 9.63. The van der Waals surface area contributed by atoms with Gasteiger partial charge in [0.05, 0.1) is 40.0 Å². The number of carbonyl (C=O) groups is 1. The molecule has 150 valence electrons. The van der Waals surface area contributed by atoms with Gasteiger partial charge in [-0.15, -0.1) is 0 Å². The predicted octanol–water partition coefficient (Wildman–Crippen LogP) is 3.62. The Morgan fingerprint density at radius 3 is 2.76 bits per heavy atom. The number of carboxylic acids is 1. The number of hydrogen-bond donors (Lipinski definition) is 1. The molecule has 2 aromatic heterocycles. The van der Waals surface area contributed by atoms with Crippen molar-refractivity contribution >= 4 is 50.5 Å². The van der Waals surface area contributed by atoms with Gasteiger partial charge in [-0.2, -0.15) is 5.10 Å². The molecule has 0 amide bonds. The van der Waals surface area contributed by atoms with Crippen LogP contribution in [0.5, 0.6) is 0 Å². The highest BCUT2D eigenvalue weighted by Crippen LogP contribution is 2.31. The maximum atomic E-state index is 11.8. The quantitative estimate of drug-likeness (QED) is 0.676. The number of hydrogen-bond acceptors (Lipinski definition) is 5. The number of sulfone groups is 1. The maximum Gasteiger partial charge on any atom is 0.336 e. The van der Waals surface area contributed by atoms with E-state index in [1.807, 2.05) is 0 Å². The van der Waals surface area contributed by atoms with Crippen molar-refractivity contribution in [1.29, 1.82) is 0 Å². The van der Waals surface area contributed by atoms with E-state index in [9.17, 15) is 18.3 Å². The van der Waals surface area contributed by atoms with Crippen molar-refractivity contribution in [2.24, 2.45) is 0 Å². The summed E-state index contributed by atoms with van der Waals surface area (Å²) in [5.74, 6) is -0.856. The van der Waals surface area contributed by atoms with Gasteiger partial charge < -0.3 is 5.11 Å². The summed E-state index contributed by atoms with van der Waals surface area (Å²) in [5, 5.41) is 14.9. The van der Waals surface area contributed by atoms with E-state index >= 15 is 0 Å². The Labute approximate surface area is 172 Å². The molecule has 1 aliphatic heterocycles. The van der Waals surface area contributed by atoms with E-state index in [1.165, 1.54) is 6.07 Å². The van der Waals surface area contributed by atoms with Crippen molar-refractivity contribution in [2.45, 2.75) is 19.4 Å². The van der Waals surface area contributed by atoms with E-state index in [2.05, 4.69) is 10.1 Å². The zero-order valence-electron chi connectivity index (χ0n) is 15.5. The summed E-state index contributed by atoms with van der Waals surface area (Å²) in [6, 6.07) is 8.29. The first kappa shape index (κ1) is 19.6. The molecule has 3 heterocycles. The molecule has 0 aliphatic carbocycles. The Kier molecular flexibility index (Phi) is 4.92. The van der Waals surface area contributed by atoms with Crippen LogP contribution in [-0.4, -0.2) is 45.8 Å². The topological polar surface area (TPSA) is 102 Å². The van der Waals surface area contributed by atoms with Crippen molar-refractivity contribution < 1.29 is 18.3 Å². The van der Waals surface area contributed by atoms with Crippen LogP contribution in [0, 0.1) is 6.92 Å². The second-order valence-electron chi connectivity index (χ2n) is 7.04. The van der Waals surface area contributed by atoms with Gasteiger partial charge >= 0.3 is 5.97 Å². The fourth-order valence-electron chi connectivity index (χ4n) is 3.56. The van der Waals surface area contributed by atoms with Crippen LogP contribution in [0.1, 0.15) is 39.8 Å². The summed E-state index contributed by atoms with van der Waals surface area (Å²) in [4.78, 5) is 16.1. The van der Waals surface area contributed by atoms with Gasteiger partial charge in [0.15, 0.2) is 9.84 Å². The molecule has 1 fully saturated rings. The molecular formula is C20H18ClN3O4S. The summed E-state index contributed by atoms with van der Waals surface area (Å²) in [6.45, 7) is 1.79. The van der Waals surface area contributed by atoms with Crippen molar-refractivity contribution in [3.63, 3.8) is 0 Å². The molecule has 1 saturated heterocycles. The van der Waals surface area contributed by atoms with Gasteiger partial charge in [-0.05, 0) is 37.6 Å². The molecule has 1 unspecified atom stereocenters. The summed E-state index contributed by atoms with van der Waals surface area (Å²) >= 11 is 6.49. The van der Waals surface area contributed by atoms with Crippen LogP contribution in [0.2, 0.25) is 5.15 Å². The van der Waals surface area contributed by atoms with E-state index in [4.69, 9.17) is 11.6 Å². The molecule has 1 N–H and O–H groups in total. The van der Waals surface area contributed by atoms with E-state index in [0.29, 0.717) is 39.4 Å². The number of aryl methyl sites for hydroxylation is 1. The lowest BCUT2D eigenvalue weighted by Crippen LogP contribution is -2.12. The third-order valence-corrected chi connectivity index (χ3v) is 7.14. The number of fused-ring (bicyclic) bond motifs is 1. The second kappa shape index (κ2) is 7.27. The number of pyridine rings is 1. The minimum atomic E-state index is -3.06. The Hall–Kier alpha value is -2.71. The molecule has 4 rings (SSSR count). The molecule has 0 spiro atoms. The molecule has 3 aromatic rings. The normalized spacial score (nSPS) is 18.6. The SMILES string of the molecule is Cc1nn(C2CCS(=O)(=O)C2)c(Cl)c1C=Cc1cc(C(=O)O)c2ccccc2n1. The first-order valence-corrected chi connectivity index (χ1v) is 11.2. The van der Waals surface area contributed by atoms with E-state index < -0.39 is 15.8 Å². The average Bonchev–Trinajstić information content (AvgIpc) is 3.17. The number of aromatic nitrogens is 3. The van der Waals surface area contributed by atoms with Gasteiger partial charge in [-0.25, -0.2) is 22.9 Å². The van der Waals surface area contributed by atoms with E-state index in [1.54, 1.807) is 48.0 Å². The van der Waals surface area contributed by atoms with Crippen molar-refractivity contribution in [3.05, 3.63) is 58.0 Å². The monoisotopic (exact) mass is 431 g/mol. The first-order chi connectivity index (χ1) is 13.7. The fraction of sp³-hybridized carbons (Fsp3) is 0.250. The zero-order chi connectivity index (χ0) is 20.8. The number of para-hydroxylation sites is 1. The van der Waals surface area contributed by atoms with Crippen molar-refractivity contribution in [1.82, 2.24) is 14.8 Å². The molecule has 0 radical (unpaired) electrons. The minimum absolute atomic E-state index is 0.0329. The molecule has 1 atom stereocenters. The standard InChI is InChI=1S/C20H18ClN3O4S/c1-12-15(19(21)24(23-12)14-8-9-29(27,28)11-14)7-6-13-10-17(20(25)26)16-4-2-3-5-18(16)22-13/h2-7,10,14H,8-9,11H2,1H3,(H,25,26). The van der Waals surface area contributed by atoms with Crippen molar-refractivity contribution in [2.75, 3.05) is 11.5 Å². The van der Waals surface area contributed by atoms with E-state index in [-0.39, 0.29) is 23.1 Å². The molecule has 0 saturated carbocycles. The zero-order valence-corrected chi connectivity index (χ0v) is 17.1. The Balaban J connectivity index is 1.71. The molecule has 1 aliphatic rings. The number of carboxylic acid groups (broad SMARTS) is 1. The summed E-state index contributed by atoms with van der Waals surface area (Å²) in [6.07, 6.45) is 3.90. The molecular weight excluding hydrogens is 414 g/mol. The molecule has 0 bridgehead atoms.